The first-order valence-electron chi connectivity index (χ1n) is 7.13. The Bertz CT molecular complexity index is 870. The van der Waals surface area contributed by atoms with E-state index in [2.05, 4.69) is 14.7 Å². The summed E-state index contributed by atoms with van der Waals surface area (Å²) in [5, 5.41) is 8.85. The third-order valence-electron chi connectivity index (χ3n) is 3.33. The van der Waals surface area contributed by atoms with E-state index >= 15 is 0 Å². The monoisotopic (exact) mass is 387 g/mol. The Kier molecular flexibility index (Phi) is 5.71. The van der Waals surface area contributed by atoms with E-state index in [1.165, 1.54) is 18.3 Å². The highest BCUT2D eigenvalue weighted by molar-refractivity contribution is 6.32. The van der Waals surface area contributed by atoms with Crippen molar-refractivity contribution in [2.75, 3.05) is 0 Å². The van der Waals surface area contributed by atoms with Crippen molar-refractivity contribution in [1.29, 1.82) is 0 Å². The normalized spacial score (nSPS) is 12.1. The van der Waals surface area contributed by atoms with Crippen molar-refractivity contribution in [2.24, 2.45) is 5.73 Å². The highest BCUT2D eigenvalue weighted by Crippen LogP contribution is 2.31. The van der Waals surface area contributed by atoms with Crippen molar-refractivity contribution >= 4 is 23.1 Å². The van der Waals surface area contributed by atoms with Crippen molar-refractivity contribution in [1.82, 2.24) is 9.97 Å². The second kappa shape index (κ2) is 7.61. The molecule has 0 unspecified atom stereocenters. The minimum atomic E-state index is -4.86. The van der Waals surface area contributed by atoms with Crippen molar-refractivity contribution in [3.8, 4) is 5.75 Å². The fourth-order valence-electron chi connectivity index (χ4n) is 2.12. The summed E-state index contributed by atoms with van der Waals surface area (Å²) in [4.78, 5) is 19.1. The molecule has 10 heteroatoms. The topological polar surface area (TPSA) is 98.3 Å². The van der Waals surface area contributed by atoms with Crippen molar-refractivity contribution in [3.63, 3.8) is 0 Å². The SMILES string of the molecule is Cc1nc(C(=CN)C(=O)O)ncc1Cc1ccc(Cl)c(OC(F)(F)F)c1. The van der Waals surface area contributed by atoms with E-state index in [1.54, 1.807) is 13.0 Å². The van der Waals surface area contributed by atoms with E-state index in [0.29, 0.717) is 16.8 Å². The third kappa shape index (κ3) is 4.85. The van der Waals surface area contributed by atoms with Crippen LogP contribution in [-0.4, -0.2) is 27.4 Å². The van der Waals surface area contributed by atoms with Gasteiger partial charge in [-0.25, -0.2) is 14.8 Å². The maximum atomic E-state index is 12.4. The Morgan fingerprint density at radius 1 is 1.42 bits per heavy atom. The summed E-state index contributed by atoms with van der Waals surface area (Å²) >= 11 is 5.71. The molecule has 0 saturated heterocycles. The molecule has 1 aromatic heterocycles. The average Bonchev–Trinajstić information content (AvgIpc) is 2.52. The van der Waals surface area contributed by atoms with E-state index in [4.69, 9.17) is 22.4 Å². The van der Waals surface area contributed by atoms with Gasteiger partial charge < -0.3 is 15.6 Å². The van der Waals surface area contributed by atoms with Crippen molar-refractivity contribution in [2.45, 2.75) is 19.7 Å². The number of halogens is 4. The lowest BCUT2D eigenvalue weighted by atomic mass is 10.0. The summed E-state index contributed by atoms with van der Waals surface area (Å²) in [5.74, 6) is -1.84. The number of nitrogens with two attached hydrogens (primary N) is 1. The quantitative estimate of drug-likeness (QED) is 0.764. The second-order valence-electron chi connectivity index (χ2n) is 5.18. The van der Waals surface area contributed by atoms with Gasteiger partial charge in [-0.1, -0.05) is 17.7 Å². The van der Waals surface area contributed by atoms with Crippen LogP contribution in [-0.2, 0) is 11.2 Å². The zero-order valence-electron chi connectivity index (χ0n) is 13.3. The number of hydrogen-bond acceptors (Lipinski definition) is 5. The number of carbonyl (C=O) groups is 1. The molecule has 0 spiro atoms. The van der Waals surface area contributed by atoms with Gasteiger partial charge in [-0.05, 0) is 30.2 Å². The molecule has 0 radical (unpaired) electrons. The van der Waals surface area contributed by atoms with E-state index in [1.807, 2.05) is 0 Å². The number of aliphatic carboxylic acids is 1. The van der Waals surface area contributed by atoms with Crippen LogP contribution >= 0.6 is 11.6 Å². The molecule has 1 aromatic carbocycles. The molecule has 0 bridgehead atoms. The van der Waals surface area contributed by atoms with Crippen LogP contribution in [0, 0.1) is 6.92 Å². The molecular formula is C16H13ClF3N3O3. The maximum absolute atomic E-state index is 12.4. The van der Waals surface area contributed by atoms with Gasteiger partial charge in [-0.3, -0.25) is 0 Å². The molecule has 0 amide bonds. The molecule has 26 heavy (non-hydrogen) atoms. The predicted molar refractivity (Wildman–Crippen MR) is 87.5 cm³/mol. The average molecular weight is 388 g/mol. The minimum absolute atomic E-state index is 0.0570. The maximum Gasteiger partial charge on any atom is 0.573 e. The number of alkyl halides is 3. The largest absolute Gasteiger partial charge is 0.573 e. The van der Waals surface area contributed by atoms with Crippen molar-refractivity contribution < 1.29 is 27.8 Å². The fourth-order valence-corrected chi connectivity index (χ4v) is 2.27. The first-order valence-corrected chi connectivity index (χ1v) is 7.50. The smallest absolute Gasteiger partial charge is 0.477 e. The number of benzene rings is 1. The molecule has 0 saturated carbocycles. The van der Waals surface area contributed by atoms with Crippen LogP contribution in [0.25, 0.3) is 5.57 Å². The zero-order chi connectivity index (χ0) is 19.5. The third-order valence-corrected chi connectivity index (χ3v) is 3.65. The van der Waals surface area contributed by atoms with E-state index < -0.39 is 18.1 Å². The summed E-state index contributed by atoms with van der Waals surface area (Å²) in [6.45, 7) is 1.62. The van der Waals surface area contributed by atoms with E-state index in [9.17, 15) is 18.0 Å². The minimum Gasteiger partial charge on any atom is -0.477 e. The highest BCUT2D eigenvalue weighted by Gasteiger charge is 2.32. The van der Waals surface area contributed by atoms with Gasteiger partial charge >= 0.3 is 12.3 Å². The summed E-state index contributed by atoms with van der Waals surface area (Å²) in [7, 11) is 0. The van der Waals surface area contributed by atoms with Crippen LogP contribution in [0.1, 0.15) is 22.6 Å². The van der Waals surface area contributed by atoms with Crippen LogP contribution < -0.4 is 10.5 Å². The Hall–Kier alpha value is -2.81. The summed E-state index contributed by atoms with van der Waals surface area (Å²) < 4.78 is 41.1. The first kappa shape index (κ1) is 19.5. The lowest BCUT2D eigenvalue weighted by Gasteiger charge is -2.12. The number of hydrogen-bond donors (Lipinski definition) is 2. The zero-order valence-corrected chi connectivity index (χ0v) is 14.1. The Morgan fingerprint density at radius 2 is 2.12 bits per heavy atom. The van der Waals surface area contributed by atoms with Gasteiger partial charge in [0.05, 0.1) is 5.02 Å². The number of nitrogens with zero attached hydrogens (tertiary/aromatic N) is 2. The molecule has 138 valence electrons. The molecular weight excluding hydrogens is 375 g/mol. The molecule has 0 aliphatic carbocycles. The molecule has 0 aliphatic heterocycles. The van der Waals surface area contributed by atoms with Gasteiger partial charge in [0.2, 0.25) is 0 Å². The summed E-state index contributed by atoms with van der Waals surface area (Å²) in [6.07, 6.45) is -2.38. The van der Waals surface area contributed by atoms with Gasteiger partial charge in [0, 0.05) is 24.5 Å². The van der Waals surface area contributed by atoms with Gasteiger partial charge in [-0.2, -0.15) is 0 Å². The molecule has 2 rings (SSSR count). The number of carboxylic acids is 1. The molecule has 1 heterocycles. The summed E-state index contributed by atoms with van der Waals surface area (Å²) in [5.41, 5.74) is 6.54. The molecule has 6 nitrogen and oxygen atoms in total. The van der Waals surface area contributed by atoms with E-state index in [0.717, 1.165) is 6.20 Å². The summed E-state index contributed by atoms with van der Waals surface area (Å²) in [6, 6.07) is 4.01. The molecule has 3 N–H and O–H groups in total. The van der Waals surface area contributed by atoms with Gasteiger partial charge in [0.1, 0.15) is 11.3 Å². The number of ether oxygens (including phenoxy) is 1. The van der Waals surface area contributed by atoms with Crippen LogP contribution in [0.4, 0.5) is 13.2 Å². The van der Waals surface area contributed by atoms with E-state index in [-0.39, 0.29) is 22.8 Å². The highest BCUT2D eigenvalue weighted by atomic mass is 35.5. The van der Waals surface area contributed by atoms with Gasteiger partial charge in [-0.15, -0.1) is 13.2 Å². The van der Waals surface area contributed by atoms with Crippen LogP contribution in [0.5, 0.6) is 5.75 Å². The Balaban J connectivity index is 2.29. The molecule has 0 atom stereocenters. The lowest BCUT2D eigenvalue weighted by molar-refractivity contribution is -0.274. The lowest BCUT2D eigenvalue weighted by Crippen LogP contribution is -2.17. The van der Waals surface area contributed by atoms with Gasteiger partial charge in [0.25, 0.3) is 0 Å². The molecule has 0 fully saturated rings. The Labute approximate surface area is 151 Å². The Morgan fingerprint density at radius 3 is 2.65 bits per heavy atom. The second-order valence-corrected chi connectivity index (χ2v) is 5.59. The van der Waals surface area contributed by atoms with Crippen LogP contribution in [0.15, 0.2) is 30.6 Å². The van der Waals surface area contributed by atoms with Gasteiger partial charge in [0.15, 0.2) is 5.82 Å². The number of aromatic nitrogens is 2. The molecule has 0 aliphatic rings. The standard InChI is InChI=1S/C16H13ClF3N3O3/c1-8-10(7-22-14(23-8)11(6-21)15(24)25)4-9-2-3-12(17)13(5-9)26-16(18,19)20/h2-3,5-7H,4,21H2,1H3,(H,24,25). The van der Waals surface area contributed by atoms with Crippen LogP contribution in [0.3, 0.4) is 0 Å². The van der Waals surface area contributed by atoms with Crippen molar-refractivity contribution in [3.05, 3.63) is 58.3 Å². The van der Waals surface area contributed by atoms with Crippen LogP contribution in [0.2, 0.25) is 5.02 Å². The first-order chi connectivity index (χ1) is 12.1. The number of aryl methyl sites for hydroxylation is 1. The fraction of sp³-hybridized carbons (Fsp3) is 0.188. The predicted octanol–water partition coefficient (Wildman–Crippen LogP) is 3.31. The number of carboxylic acid groups (broad SMARTS) is 1. The molecule has 2 aromatic rings. The number of rotatable bonds is 5.